The first kappa shape index (κ1) is 32.2. The van der Waals surface area contributed by atoms with Crippen molar-refractivity contribution in [1.29, 1.82) is 5.26 Å². The smallest absolute Gasteiger partial charge is 0.455 e. The van der Waals surface area contributed by atoms with Crippen LogP contribution in [0.15, 0.2) is 48.8 Å². The molecule has 2 aromatic heterocycles. The largest absolute Gasteiger partial charge is 0.459 e. The maximum absolute atomic E-state index is 14.7. The number of anilines is 1. The summed E-state index contributed by atoms with van der Waals surface area (Å²) < 4.78 is 67.3. The quantitative estimate of drug-likeness (QED) is 0.180. The zero-order valence-corrected chi connectivity index (χ0v) is 25.6. The number of likely N-dealkylation sites (tertiary alicyclic amines) is 1. The molecule has 6 rings (SSSR count). The summed E-state index contributed by atoms with van der Waals surface area (Å²) in [6, 6.07) is 11.0. The van der Waals surface area contributed by atoms with Crippen LogP contribution in [0.1, 0.15) is 32.1 Å². The number of benzene rings is 1. The number of aliphatic hydroxyl groups is 2. The van der Waals surface area contributed by atoms with Crippen molar-refractivity contribution in [1.82, 2.24) is 24.6 Å². The zero-order valence-electron chi connectivity index (χ0n) is 24.7. The number of nitrogens with two attached hydrogens (primary N) is 1. The third kappa shape index (κ3) is 5.20. The predicted octanol–water partition coefficient (Wildman–Crippen LogP) is 1.57. The van der Waals surface area contributed by atoms with Crippen LogP contribution in [-0.2, 0) is 23.4 Å². The summed E-state index contributed by atoms with van der Waals surface area (Å²) in [7, 11) is -4.74. The lowest BCUT2D eigenvalue weighted by atomic mass is 10.0. The van der Waals surface area contributed by atoms with Crippen molar-refractivity contribution in [2.45, 2.75) is 67.9 Å². The number of nitrogens with one attached hydrogen (secondary N) is 1. The summed E-state index contributed by atoms with van der Waals surface area (Å²) >= 11 is 0. The van der Waals surface area contributed by atoms with Gasteiger partial charge in [-0.15, -0.1) is 0 Å². The number of aromatic nitrogens is 3. The number of piperidine rings is 1. The predicted molar refractivity (Wildman–Crippen MR) is 154 cm³/mol. The van der Waals surface area contributed by atoms with E-state index in [0.717, 1.165) is 0 Å². The maximum Gasteiger partial charge on any atom is 0.459 e. The summed E-state index contributed by atoms with van der Waals surface area (Å²) in [5.41, 5.74) is 1.88. The second-order valence-corrected chi connectivity index (χ2v) is 13.1. The van der Waals surface area contributed by atoms with Gasteiger partial charge in [0.05, 0.1) is 12.2 Å². The lowest BCUT2D eigenvalue weighted by Gasteiger charge is -2.37. The number of esters is 1. The normalized spacial score (nSPS) is 32.2. The van der Waals surface area contributed by atoms with E-state index < -0.39 is 67.8 Å². The summed E-state index contributed by atoms with van der Waals surface area (Å²) in [6.45, 7) is 3.08. The number of rotatable bonds is 10. The molecular weight excluding hydrogens is 631 g/mol. The Balaban J connectivity index is 1.22. The van der Waals surface area contributed by atoms with Gasteiger partial charge < -0.3 is 29.9 Å². The average molecular weight is 664 g/mol. The van der Waals surface area contributed by atoms with Gasteiger partial charge in [-0.25, -0.2) is 22.8 Å². The molecule has 2 saturated heterocycles. The molecule has 1 aliphatic carbocycles. The van der Waals surface area contributed by atoms with Crippen molar-refractivity contribution >= 4 is 25.1 Å². The van der Waals surface area contributed by atoms with Gasteiger partial charge in [0.1, 0.15) is 41.9 Å². The van der Waals surface area contributed by atoms with E-state index in [4.69, 9.17) is 24.3 Å². The standard InChI is InChI=1S/C28H32F2N7O8P/c1-3-36-12-11-20(27(29,30)14-36)42-24(39)16(2)35-46(41,44-17-7-5-4-6-8-17)45-25-26(13-31)28(25,40)22(38)21(43-26)18-9-10-19-23(32)33-15-34-37(18)19/h4-10,15-16,20-22,25,38,40H,3,11-12,14H2,1-2H3,(H,35,41)(H2,32,33,34)/t16-,20?,21-,22-,25?,26+,28+,46?/m0/s1. The maximum atomic E-state index is 14.7. The first-order valence-corrected chi connectivity index (χ1v) is 16.0. The molecule has 15 nitrogen and oxygen atoms in total. The molecule has 0 spiro atoms. The minimum atomic E-state index is -4.74. The van der Waals surface area contributed by atoms with E-state index in [2.05, 4.69) is 15.2 Å². The molecule has 246 valence electrons. The highest BCUT2D eigenvalue weighted by Gasteiger charge is 2.90. The van der Waals surface area contributed by atoms with Gasteiger partial charge in [0.25, 0.3) is 5.92 Å². The second kappa shape index (κ2) is 11.5. The minimum absolute atomic E-state index is 0.0115. The van der Waals surface area contributed by atoms with E-state index >= 15 is 0 Å². The molecule has 0 bridgehead atoms. The van der Waals surface area contributed by atoms with Crippen molar-refractivity contribution in [3.05, 3.63) is 54.5 Å². The molecule has 18 heteroatoms. The fraction of sp³-hybridized carbons (Fsp3) is 0.500. The van der Waals surface area contributed by atoms with Crippen LogP contribution in [-0.4, -0.2) is 96.8 Å². The van der Waals surface area contributed by atoms with Crippen LogP contribution in [0.25, 0.3) is 5.52 Å². The first-order chi connectivity index (χ1) is 21.8. The van der Waals surface area contributed by atoms with Gasteiger partial charge in [-0.1, -0.05) is 25.1 Å². The van der Waals surface area contributed by atoms with E-state index in [1.807, 2.05) is 6.07 Å². The van der Waals surface area contributed by atoms with Crippen LogP contribution in [0.4, 0.5) is 14.6 Å². The molecular formula is C28H32F2N7O8P. The second-order valence-electron chi connectivity index (χ2n) is 11.4. The Kier molecular flexibility index (Phi) is 8.05. The number of fused-ring (bicyclic) bond motifs is 2. The van der Waals surface area contributed by atoms with Crippen molar-refractivity contribution in [2.24, 2.45) is 0 Å². The summed E-state index contributed by atoms with van der Waals surface area (Å²) in [5.74, 6) is -4.32. The Morgan fingerprint density at radius 3 is 2.72 bits per heavy atom. The highest BCUT2D eigenvalue weighted by atomic mass is 31.2. The Bertz CT molecular complexity index is 1730. The zero-order chi connectivity index (χ0) is 33.1. The fourth-order valence-electron chi connectivity index (χ4n) is 5.96. The molecule has 46 heavy (non-hydrogen) atoms. The Labute approximate surface area is 261 Å². The van der Waals surface area contributed by atoms with E-state index in [9.17, 15) is 33.6 Å². The number of aliphatic hydroxyl groups excluding tert-OH is 1. The molecule has 3 unspecified atom stereocenters. The number of alkyl halides is 2. The topological polar surface area (TPSA) is 207 Å². The number of hydrogen-bond acceptors (Lipinski definition) is 13. The van der Waals surface area contributed by atoms with Crippen molar-refractivity contribution < 1.29 is 46.9 Å². The van der Waals surface area contributed by atoms with E-state index in [1.165, 1.54) is 40.9 Å². The van der Waals surface area contributed by atoms with Gasteiger partial charge in [0.15, 0.2) is 23.6 Å². The summed E-state index contributed by atoms with van der Waals surface area (Å²) in [4.78, 5) is 18.4. The molecule has 3 aliphatic rings. The van der Waals surface area contributed by atoms with Crippen molar-refractivity contribution in [3.8, 4) is 11.8 Å². The van der Waals surface area contributed by atoms with Gasteiger partial charge in [-0.05, 0) is 37.7 Å². The first-order valence-electron chi connectivity index (χ1n) is 14.5. The van der Waals surface area contributed by atoms with Gasteiger partial charge in [0, 0.05) is 13.0 Å². The number of hydrogen-bond donors (Lipinski definition) is 4. The van der Waals surface area contributed by atoms with E-state index in [1.54, 1.807) is 31.2 Å². The minimum Gasteiger partial charge on any atom is -0.455 e. The monoisotopic (exact) mass is 663 g/mol. The molecule has 1 saturated carbocycles. The van der Waals surface area contributed by atoms with Crippen LogP contribution in [0.5, 0.6) is 5.75 Å². The Morgan fingerprint density at radius 1 is 1.33 bits per heavy atom. The van der Waals surface area contributed by atoms with Gasteiger partial charge >= 0.3 is 13.7 Å². The van der Waals surface area contributed by atoms with Crippen LogP contribution >= 0.6 is 7.75 Å². The number of ether oxygens (including phenoxy) is 2. The van der Waals surface area contributed by atoms with Crippen LogP contribution in [0.3, 0.4) is 0 Å². The van der Waals surface area contributed by atoms with Gasteiger partial charge in [-0.2, -0.15) is 15.4 Å². The SMILES string of the molecule is CCN1CCC(OC(=O)[C@H](C)NP(=O)(Oc2ccccc2)OC2[C@@]3(C#N)O[C@@H](c4ccc5c(N)ncnn45)[C@H](O)[C@@]23O)C(F)(F)C1. The Morgan fingerprint density at radius 2 is 2.07 bits per heavy atom. The highest BCUT2D eigenvalue weighted by molar-refractivity contribution is 7.52. The van der Waals surface area contributed by atoms with Gasteiger partial charge in [-0.3, -0.25) is 14.2 Å². The number of nitrogen functional groups attached to an aromatic ring is 1. The number of carbonyl (C=O) groups is 1. The number of nitriles is 1. The third-order valence-electron chi connectivity index (χ3n) is 8.54. The molecule has 2 aliphatic heterocycles. The summed E-state index contributed by atoms with van der Waals surface area (Å²) in [5, 5.41) is 39.4. The molecule has 0 radical (unpaired) electrons. The lowest BCUT2D eigenvalue weighted by molar-refractivity contribution is -0.189. The number of carbonyl (C=O) groups excluding carboxylic acids is 1. The fourth-order valence-corrected chi connectivity index (χ4v) is 7.68. The molecule has 8 atom stereocenters. The van der Waals surface area contributed by atoms with Crippen LogP contribution in [0.2, 0.25) is 0 Å². The van der Waals surface area contributed by atoms with Crippen LogP contribution in [0, 0.1) is 11.3 Å². The molecule has 4 heterocycles. The van der Waals surface area contributed by atoms with Crippen LogP contribution < -0.4 is 15.3 Å². The molecule has 0 amide bonds. The molecule has 3 fully saturated rings. The van der Waals surface area contributed by atoms with Crippen molar-refractivity contribution in [3.63, 3.8) is 0 Å². The van der Waals surface area contributed by atoms with E-state index in [-0.39, 0.29) is 23.7 Å². The molecule has 1 aromatic carbocycles. The number of para-hydroxylation sites is 1. The van der Waals surface area contributed by atoms with E-state index in [0.29, 0.717) is 18.6 Å². The molecule has 5 N–H and O–H groups in total. The Hall–Kier alpha value is -3.75. The number of nitrogens with zero attached hydrogens (tertiary/aromatic N) is 5. The average Bonchev–Trinajstić information content (AvgIpc) is 3.27. The highest BCUT2D eigenvalue weighted by Crippen LogP contribution is 2.68. The molecule has 3 aromatic rings. The number of halogens is 2. The van der Waals surface area contributed by atoms with Crippen molar-refractivity contribution in [2.75, 3.05) is 25.4 Å². The third-order valence-corrected chi connectivity index (χ3v) is 10.2. The van der Waals surface area contributed by atoms with Gasteiger partial charge in [0.2, 0.25) is 5.60 Å². The summed E-state index contributed by atoms with van der Waals surface area (Å²) in [6.07, 6.45) is -5.47. The lowest BCUT2D eigenvalue weighted by Crippen LogP contribution is -2.54.